The lowest BCUT2D eigenvalue weighted by molar-refractivity contribution is -0.277. The minimum absolute atomic E-state index is 0.0107. The molecule has 5 rings (SSSR count). The van der Waals surface area contributed by atoms with Crippen LogP contribution in [0.1, 0.15) is 52.8 Å². The molecule has 1 unspecified atom stereocenters. The van der Waals surface area contributed by atoms with Gasteiger partial charge in [-0.05, 0) is 43.2 Å². The molecule has 1 aliphatic heterocycles. The Morgan fingerprint density at radius 1 is 1.04 bits per heavy atom. The fourth-order valence-corrected chi connectivity index (χ4v) is 4.61. The lowest BCUT2D eigenvalue weighted by atomic mass is 9.55. The molecule has 3 fully saturated rings. The van der Waals surface area contributed by atoms with Crippen LogP contribution in [-0.4, -0.2) is 29.0 Å². The first kappa shape index (κ1) is 17.1. The Labute approximate surface area is 147 Å². The Morgan fingerprint density at radius 3 is 2.00 bits per heavy atom. The number of carbonyl (C=O) groups excluding carboxylic acids is 3. The van der Waals surface area contributed by atoms with Gasteiger partial charge in [-0.1, -0.05) is 30.0 Å². The van der Waals surface area contributed by atoms with Crippen LogP contribution in [0, 0.1) is 17.3 Å². The number of hydroxylamine groups is 2. The number of imide groups is 1. The largest absolute Gasteiger partial charge is 0.405 e. The maximum atomic E-state index is 13.9. The Morgan fingerprint density at radius 2 is 1.58 bits per heavy atom. The van der Waals surface area contributed by atoms with Gasteiger partial charge >= 0.3 is 12.1 Å². The van der Waals surface area contributed by atoms with Crippen molar-refractivity contribution in [2.45, 2.75) is 38.3 Å². The maximum Gasteiger partial charge on any atom is 0.405 e. The zero-order chi connectivity index (χ0) is 18.7. The molecule has 26 heavy (non-hydrogen) atoms. The zero-order valence-electron chi connectivity index (χ0n) is 13.7. The SMILES string of the molecule is O=C1c2ccccc2C(=O)N1OC(=O)C1(C(F)(F)F)CC2CCC1CC2. The van der Waals surface area contributed by atoms with Crippen LogP contribution < -0.4 is 0 Å². The highest BCUT2D eigenvalue weighted by atomic mass is 19.4. The third-order valence-corrected chi connectivity index (χ3v) is 5.96. The summed E-state index contributed by atoms with van der Waals surface area (Å²) < 4.78 is 41.8. The Bertz CT molecular complexity index is 763. The summed E-state index contributed by atoms with van der Waals surface area (Å²) in [4.78, 5) is 42.1. The summed E-state index contributed by atoms with van der Waals surface area (Å²) in [7, 11) is 0. The molecule has 0 N–H and O–H groups in total. The van der Waals surface area contributed by atoms with Crippen molar-refractivity contribution in [2.24, 2.45) is 17.3 Å². The molecule has 1 atom stereocenters. The number of nitrogens with zero attached hydrogens (tertiary/aromatic N) is 1. The molecular weight excluding hydrogens is 351 g/mol. The molecule has 3 saturated carbocycles. The van der Waals surface area contributed by atoms with E-state index < -0.39 is 35.3 Å². The van der Waals surface area contributed by atoms with Gasteiger partial charge in [0.25, 0.3) is 11.8 Å². The summed E-state index contributed by atoms with van der Waals surface area (Å²) in [5, 5.41) is 0.169. The smallest absolute Gasteiger partial charge is 0.329 e. The van der Waals surface area contributed by atoms with E-state index in [2.05, 4.69) is 0 Å². The van der Waals surface area contributed by atoms with Gasteiger partial charge in [-0.2, -0.15) is 13.2 Å². The van der Waals surface area contributed by atoms with Gasteiger partial charge in [-0.15, -0.1) is 0 Å². The zero-order valence-corrected chi connectivity index (χ0v) is 13.7. The van der Waals surface area contributed by atoms with Crippen LogP contribution in [-0.2, 0) is 9.63 Å². The van der Waals surface area contributed by atoms with E-state index in [1.165, 1.54) is 24.3 Å². The van der Waals surface area contributed by atoms with Crippen molar-refractivity contribution < 1.29 is 32.4 Å². The second kappa shape index (κ2) is 5.56. The average Bonchev–Trinajstić information content (AvgIpc) is 2.87. The molecule has 3 aliphatic carbocycles. The van der Waals surface area contributed by atoms with Gasteiger partial charge in [0, 0.05) is 0 Å². The van der Waals surface area contributed by atoms with Crippen LogP contribution in [0.15, 0.2) is 24.3 Å². The molecule has 4 aliphatic rings. The molecule has 0 saturated heterocycles. The number of hydrogen-bond donors (Lipinski definition) is 0. The van der Waals surface area contributed by atoms with Gasteiger partial charge in [0.15, 0.2) is 5.41 Å². The van der Waals surface area contributed by atoms with E-state index in [9.17, 15) is 27.6 Å². The third kappa shape index (κ3) is 2.20. The maximum absolute atomic E-state index is 13.9. The lowest BCUT2D eigenvalue weighted by Crippen LogP contribution is -2.58. The second-order valence-corrected chi connectivity index (χ2v) is 7.22. The molecule has 1 heterocycles. The molecule has 0 spiro atoms. The van der Waals surface area contributed by atoms with E-state index in [0.29, 0.717) is 25.7 Å². The summed E-state index contributed by atoms with van der Waals surface area (Å²) in [5.74, 6) is -4.46. The van der Waals surface area contributed by atoms with Crippen molar-refractivity contribution in [3.05, 3.63) is 35.4 Å². The highest BCUT2D eigenvalue weighted by Gasteiger charge is 2.69. The Hall–Kier alpha value is -2.38. The van der Waals surface area contributed by atoms with Gasteiger partial charge in [-0.3, -0.25) is 9.59 Å². The molecule has 0 radical (unpaired) electrons. The van der Waals surface area contributed by atoms with Gasteiger partial charge in [0.2, 0.25) is 0 Å². The molecule has 5 nitrogen and oxygen atoms in total. The summed E-state index contributed by atoms with van der Waals surface area (Å²) >= 11 is 0. The van der Waals surface area contributed by atoms with E-state index in [1.54, 1.807) is 0 Å². The first-order valence-corrected chi connectivity index (χ1v) is 8.52. The van der Waals surface area contributed by atoms with E-state index >= 15 is 0 Å². The monoisotopic (exact) mass is 367 g/mol. The van der Waals surface area contributed by atoms with Crippen molar-refractivity contribution in [1.82, 2.24) is 5.06 Å². The van der Waals surface area contributed by atoms with Crippen molar-refractivity contribution in [1.29, 1.82) is 0 Å². The second-order valence-electron chi connectivity index (χ2n) is 7.22. The highest BCUT2D eigenvalue weighted by molar-refractivity contribution is 6.20. The number of amides is 2. The quantitative estimate of drug-likeness (QED) is 0.751. The summed E-state index contributed by atoms with van der Waals surface area (Å²) in [6.45, 7) is 0. The van der Waals surface area contributed by atoms with Crippen LogP contribution in [0.2, 0.25) is 0 Å². The minimum atomic E-state index is -4.80. The van der Waals surface area contributed by atoms with Gasteiger partial charge in [0.1, 0.15) is 0 Å². The lowest BCUT2D eigenvalue weighted by Gasteiger charge is -2.50. The van der Waals surface area contributed by atoms with Crippen LogP contribution >= 0.6 is 0 Å². The number of halogens is 3. The number of fused-ring (bicyclic) bond motifs is 4. The van der Waals surface area contributed by atoms with Crippen molar-refractivity contribution >= 4 is 17.8 Å². The summed E-state index contributed by atoms with van der Waals surface area (Å²) in [6.07, 6.45) is -3.25. The molecule has 1 aromatic carbocycles. The fourth-order valence-electron chi connectivity index (χ4n) is 4.61. The molecule has 138 valence electrons. The van der Waals surface area contributed by atoms with Crippen LogP contribution in [0.25, 0.3) is 0 Å². The molecule has 1 aromatic rings. The average molecular weight is 367 g/mol. The predicted molar refractivity (Wildman–Crippen MR) is 81.6 cm³/mol. The van der Waals surface area contributed by atoms with Crippen molar-refractivity contribution in [3.8, 4) is 0 Å². The van der Waals surface area contributed by atoms with E-state index in [-0.39, 0.29) is 28.5 Å². The van der Waals surface area contributed by atoms with Crippen LogP contribution in [0.5, 0.6) is 0 Å². The number of rotatable bonds is 2. The van der Waals surface area contributed by atoms with E-state index in [0.717, 1.165) is 0 Å². The Balaban J connectivity index is 1.65. The van der Waals surface area contributed by atoms with Gasteiger partial charge in [0.05, 0.1) is 11.1 Å². The normalized spacial score (nSPS) is 30.5. The first-order valence-electron chi connectivity index (χ1n) is 8.52. The van der Waals surface area contributed by atoms with E-state index in [4.69, 9.17) is 4.84 Å². The van der Waals surface area contributed by atoms with Crippen LogP contribution in [0.3, 0.4) is 0 Å². The molecular formula is C18H16F3NO4. The molecule has 2 bridgehead atoms. The van der Waals surface area contributed by atoms with Crippen molar-refractivity contribution in [2.75, 3.05) is 0 Å². The highest BCUT2D eigenvalue weighted by Crippen LogP contribution is 2.60. The number of alkyl halides is 3. The number of hydrogen-bond acceptors (Lipinski definition) is 4. The minimum Gasteiger partial charge on any atom is -0.329 e. The van der Waals surface area contributed by atoms with E-state index in [1.807, 2.05) is 0 Å². The molecule has 0 aromatic heterocycles. The number of carbonyl (C=O) groups is 3. The molecule has 2 amide bonds. The Kier molecular flexibility index (Phi) is 3.65. The predicted octanol–water partition coefficient (Wildman–Crippen LogP) is 3.50. The first-order chi connectivity index (χ1) is 12.3. The van der Waals surface area contributed by atoms with Gasteiger partial charge in [-0.25, -0.2) is 4.79 Å². The standard InChI is InChI=1S/C18H16F3NO4/c19-18(20,21)17(9-10-5-7-11(17)8-6-10)16(25)26-22-14(23)12-3-1-2-4-13(12)15(22)24/h1-4,10-11H,5-9H2. The number of benzene rings is 1. The summed E-state index contributed by atoms with van der Waals surface area (Å²) in [6, 6.07) is 5.77. The molecule has 8 heteroatoms. The van der Waals surface area contributed by atoms with Crippen LogP contribution in [0.4, 0.5) is 13.2 Å². The fraction of sp³-hybridized carbons (Fsp3) is 0.500. The third-order valence-electron chi connectivity index (χ3n) is 5.96. The van der Waals surface area contributed by atoms with Gasteiger partial charge < -0.3 is 4.84 Å². The van der Waals surface area contributed by atoms with Crippen molar-refractivity contribution in [3.63, 3.8) is 0 Å². The summed E-state index contributed by atoms with van der Waals surface area (Å²) in [5.41, 5.74) is -2.63. The topological polar surface area (TPSA) is 63.7 Å².